The zero-order valence-corrected chi connectivity index (χ0v) is 10.5. The molecule has 1 heterocycles. The number of nitrogens with one attached hydrogen (secondary N) is 1. The van der Waals surface area contributed by atoms with Gasteiger partial charge in [0.2, 0.25) is 5.88 Å². The number of hydrogen-bond donors (Lipinski definition) is 2. The van der Waals surface area contributed by atoms with Gasteiger partial charge in [-0.3, -0.25) is 14.3 Å². The number of aryl methyl sites for hydroxylation is 1. The predicted octanol–water partition coefficient (Wildman–Crippen LogP) is 1.40. The summed E-state index contributed by atoms with van der Waals surface area (Å²) < 4.78 is 1.06. The molecule has 0 fully saturated rings. The summed E-state index contributed by atoms with van der Waals surface area (Å²) >= 11 is 0. The zero-order chi connectivity index (χ0) is 14.0. The minimum absolute atomic E-state index is 0.0881. The summed E-state index contributed by atoms with van der Waals surface area (Å²) in [6.07, 6.45) is 1.47. The fourth-order valence-electron chi connectivity index (χ4n) is 1.92. The molecule has 19 heavy (non-hydrogen) atoms. The van der Waals surface area contributed by atoms with Crippen molar-refractivity contribution in [1.29, 1.82) is 0 Å². The van der Waals surface area contributed by atoms with Crippen LogP contribution in [0.15, 0.2) is 46.5 Å². The second kappa shape index (κ2) is 4.97. The molecule has 0 aliphatic carbocycles. The van der Waals surface area contributed by atoms with Crippen molar-refractivity contribution in [2.45, 2.75) is 13.5 Å². The molecule has 2 aromatic rings. The van der Waals surface area contributed by atoms with E-state index in [2.05, 4.69) is 11.6 Å². The van der Waals surface area contributed by atoms with E-state index >= 15 is 0 Å². The molecule has 0 saturated heterocycles. The van der Waals surface area contributed by atoms with Gasteiger partial charge in [0.1, 0.15) is 5.56 Å². The van der Waals surface area contributed by atoms with Gasteiger partial charge in [-0.1, -0.05) is 35.9 Å². The van der Waals surface area contributed by atoms with Crippen LogP contribution in [0.5, 0.6) is 5.88 Å². The number of hydrogen-bond acceptors (Lipinski definition) is 3. The number of allylic oxidation sites excluding steroid dienone is 1. The largest absolute Gasteiger partial charge is 0.494 e. The van der Waals surface area contributed by atoms with Gasteiger partial charge in [0, 0.05) is 6.54 Å². The van der Waals surface area contributed by atoms with E-state index in [9.17, 15) is 14.7 Å². The Balaban J connectivity index is 2.77. The van der Waals surface area contributed by atoms with E-state index in [4.69, 9.17) is 0 Å². The molecule has 0 radical (unpaired) electrons. The highest BCUT2D eigenvalue weighted by molar-refractivity contribution is 5.67. The Morgan fingerprint density at radius 1 is 1.42 bits per heavy atom. The van der Waals surface area contributed by atoms with Crippen LogP contribution < -0.4 is 11.2 Å². The van der Waals surface area contributed by atoms with Crippen molar-refractivity contribution in [3.63, 3.8) is 0 Å². The Hall–Kier alpha value is -2.56. The summed E-state index contributed by atoms with van der Waals surface area (Å²) in [5, 5.41) is 10.1. The van der Waals surface area contributed by atoms with Gasteiger partial charge in [-0.25, -0.2) is 4.79 Å². The molecule has 0 unspecified atom stereocenters. The molecule has 1 aromatic carbocycles. The number of nitrogens with zero attached hydrogens (tertiary/aromatic N) is 1. The fourth-order valence-corrected chi connectivity index (χ4v) is 1.92. The maximum atomic E-state index is 11.9. The molecule has 0 atom stereocenters. The molecule has 0 amide bonds. The molecule has 5 heteroatoms. The first kappa shape index (κ1) is 12.9. The summed E-state index contributed by atoms with van der Waals surface area (Å²) in [5.74, 6) is -0.348. The highest BCUT2D eigenvalue weighted by Crippen LogP contribution is 2.24. The number of aromatic nitrogens is 2. The predicted molar refractivity (Wildman–Crippen MR) is 73.4 cm³/mol. The molecule has 1 aromatic heterocycles. The second-order valence-electron chi connectivity index (χ2n) is 4.23. The van der Waals surface area contributed by atoms with Gasteiger partial charge in [0.05, 0.1) is 0 Å². The molecule has 5 nitrogen and oxygen atoms in total. The fraction of sp³-hybridized carbons (Fsp3) is 0.143. The number of benzene rings is 1. The first-order valence-corrected chi connectivity index (χ1v) is 5.78. The van der Waals surface area contributed by atoms with Crippen molar-refractivity contribution in [1.82, 2.24) is 9.55 Å². The van der Waals surface area contributed by atoms with E-state index in [-0.39, 0.29) is 18.0 Å². The van der Waals surface area contributed by atoms with Crippen LogP contribution >= 0.6 is 0 Å². The maximum absolute atomic E-state index is 11.9. The normalized spacial score (nSPS) is 10.4. The van der Waals surface area contributed by atoms with Crippen LogP contribution in [0.2, 0.25) is 0 Å². The standard InChI is InChI=1S/C14H14N2O3/c1-3-7-16-13(18)11(12(17)15-14(16)19)10-6-4-5-9(2)8-10/h3-6,8,18H,1,7H2,2H3,(H,15,17,19). The molecular weight excluding hydrogens is 244 g/mol. The summed E-state index contributed by atoms with van der Waals surface area (Å²) in [6.45, 7) is 5.52. The Morgan fingerprint density at radius 3 is 2.79 bits per heavy atom. The lowest BCUT2D eigenvalue weighted by atomic mass is 10.1. The topological polar surface area (TPSA) is 75.1 Å². The minimum atomic E-state index is -0.654. The first-order valence-electron chi connectivity index (χ1n) is 5.78. The Kier molecular flexibility index (Phi) is 3.37. The van der Waals surface area contributed by atoms with Crippen LogP contribution in [-0.4, -0.2) is 14.7 Å². The summed E-state index contributed by atoms with van der Waals surface area (Å²) in [6, 6.07) is 7.15. The Morgan fingerprint density at radius 2 is 2.16 bits per heavy atom. The molecule has 0 bridgehead atoms. The molecule has 0 spiro atoms. The van der Waals surface area contributed by atoms with Gasteiger partial charge in [0.25, 0.3) is 5.56 Å². The molecule has 98 valence electrons. The number of aromatic amines is 1. The van der Waals surface area contributed by atoms with Crippen molar-refractivity contribution in [3.05, 3.63) is 63.3 Å². The van der Waals surface area contributed by atoms with Crippen molar-refractivity contribution < 1.29 is 5.11 Å². The average molecular weight is 258 g/mol. The monoisotopic (exact) mass is 258 g/mol. The van der Waals surface area contributed by atoms with Crippen molar-refractivity contribution in [2.24, 2.45) is 0 Å². The molecule has 2 N–H and O–H groups in total. The quantitative estimate of drug-likeness (QED) is 0.817. The minimum Gasteiger partial charge on any atom is -0.494 e. The number of rotatable bonds is 3. The number of H-pyrrole nitrogens is 1. The third-order valence-corrected chi connectivity index (χ3v) is 2.79. The molecule has 0 aliphatic rings. The molecule has 2 rings (SSSR count). The zero-order valence-electron chi connectivity index (χ0n) is 10.5. The van der Waals surface area contributed by atoms with Gasteiger partial charge in [0.15, 0.2) is 0 Å². The van der Waals surface area contributed by atoms with Gasteiger partial charge in [-0.15, -0.1) is 6.58 Å². The second-order valence-corrected chi connectivity index (χ2v) is 4.23. The van der Waals surface area contributed by atoms with E-state index in [0.717, 1.165) is 10.1 Å². The Labute approximate surface area is 109 Å². The lowest BCUT2D eigenvalue weighted by Crippen LogP contribution is -2.30. The van der Waals surface area contributed by atoms with Crippen LogP contribution in [-0.2, 0) is 6.54 Å². The van der Waals surface area contributed by atoms with E-state index in [0.29, 0.717) is 5.56 Å². The lowest BCUT2D eigenvalue weighted by molar-refractivity contribution is 0.413. The summed E-state index contributed by atoms with van der Waals surface area (Å²) in [4.78, 5) is 25.7. The van der Waals surface area contributed by atoms with Crippen LogP contribution in [0.3, 0.4) is 0 Å². The highest BCUT2D eigenvalue weighted by Gasteiger charge is 2.15. The molecule has 0 saturated carbocycles. The number of aromatic hydroxyl groups is 1. The summed E-state index contributed by atoms with van der Waals surface area (Å²) in [5.41, 5.74) is 0.353. The SMILES string of the molecule is C=CCn1c(O)c(-c2cccc(C)c2)c(=O)[nH]c1=O. The molecular formula is C14H14N2O3. The van der Waals surface area contributed by atoms with Gasteiger partial charge in [-0.2, -0.15) is 0 Å². The van der Waals surface area contributed by atoms with E-state index < -0.39 is 11.2 Å². The van der Waals surface area contributed by atoms with Gasteiger partial charge >= 0.3 is 5.69 Å². The first-order chi connectivity index (χ1) is 9.04. The average Bonchev–Trinajstić information content (AvgIpc) is 2.34. The maximum Gasteiger partial charge on any atom is 0.331 e. The van der Waals surface area contributed by atoms with Crippen LogP contribution in [0.1, 0.15) is 5.56 Å². The van der Waals surface area contributed by atoms with Crippen LogP contribution in [0.25, 0.3) is 11.1 Å². The van der Waals surface area contributed by atoms with Crippen LogP contribution in [0.4, 0.5) is 0 Å². The Bertz CT molecular complexity index is 741. The van der Waals surface area contributed by atoms with Crippen molar-refractivity contribution >= 4 is 0 Å². The van der Waals surface area contributed by atoms with Crippen molar-refractivity contribution in [2.75, 3.05) is 0 Å². The molecule has 0 aliphatic heterocycles. The van der Waals surface area contributed by atoms with E-state index in [1.54, 1.807) is 18.2 Å². The van der Waals surface area contributed by atoms with Crippen molar-refractivity contribution in [3.8, 4) is 17.0 Å². The lowest BCUT2D eigenvalue weighted by Gasteiger charge is -2.10. The van der Waals surface area contributed by atoms with Gasteiger partial charge < -0.3 is 5.11 Å². The van der Waals surface area contributed by atoms with E-state index in [1.165, 1.54) is 6.08 Å². The third-order valence-electron chi connectivity index (χ3n) is 2.79. The smallest absolute Gasteiger partial charge is 0.331 e. The highest BCUT2D eigenvalue weighted by atomic mass is 16.3. The van der Waals surface area contributed by atoms with Crippen LogP contribution in [0, 0.1) is 6.92 Å². The summed E-state index contributed by atoms with van der Waals surface area (Å²) in [7, 11) is 0. The van der Waals surface area contributed by atoms with E-state index in [1.807, 2.05) is 13.0 Å². The van der Waals surface area contributed by atoms with Gasteiger partial charge in [-0.05, 0) is 12.5 Å². The third kappa shape index (κ3) is 2.35.